The number of halogens is 2. The molecular weight excluding hydrogens is 267 g/mol. The van der Waals surface area contributed by atoms with Crippen LogP contribution in [-0.4, -0.2) is 5.78 Å². The summed E-state index contributed by atoms with van der Waals surface area (Å²) < 4.78 is 0. The summed E-state index contributed by atoms with van der Waals surface area (Å²) in [5, 5.41) is 1.18. The summed E-state index contributed by atoms with van der Waals surface area (Å²) in [5.41, 5.74) is 0.864. The van der Waals surface area contributed by atoms with Gasteiger partial charge >= 0.3 is 0 Å². The second-order valence-electron chi connectivity index (χ2n) is 5.39. The molecule has 0 aliphatic rings. The molecule has 1 atom stereocenters. The van der Waals surface area contributed by atoms with Crippen LogP contribution >= 0.6 is 23.2 Å². The van der Waals surface area contributed by atoms with Crippen molar-refractivity contribution in [2.75, 3.05) is 0 Å². The molecule has 0 radical (unpaired) electrons. The molecule has 3 heteroatoms. The standard InChI is InChI=1S/C15H20Cl2O/c1-10(2)6-11(3)7-14(18)8-12-4-5-13(16)9-15(12)17/h4-5,9-11H,6-8H2,1-3H3. The van der Waals surface area contributed by atoms with Gasteiger partial charge in [0.15, 0.2) is 0 Å². The molecule has 0 aliphatic carbocycles. The van der Waals surface area contributed by atoms with Gasteiger partial charge in [0, 0.05) is 22.9 Å². The Bertz CT molecular complexity index is 413. The summed E-state index contributed by atoms with van der Waals surface area (Å²) >= 11 is 11.9. The fourth-order valence-corrected chi connectivity index (χ4v) is 2.70. The summed E-state index contributed by atoms with van der Waals surface area (Å²) in [6, 6.07) is 5.28. The smallest absolute Gasteiger partial charge is 0.137 e. The van der Waals surface area contributed by atoms with Crippen LogP contribution in [0.1, 0.15) is 39.2 Å². The van der Waals surface area contributed by atoms with Crippen LogP contribution in [0.25, 0.3) is 0 Å². The highest BCUT2D eigenvalue weighted by Gasteiger charge is 2.13. The summed E-state index contributed by atoms with van der Waals surface area (Å²) in [4.78, 5) is 11.9. The van der Waals surface area contributed by atoms with Gasteiger partial charge in [0.2, 0.25) is 0 Å². The summed E-state index contributed by atoms with van der Waals surface area (Å²) in [6.07, 6.45) is 2.11. The van der Waals surface area contributed by atoms with E-state index in [1.165, 1.54) is 0 Å². The first-order valence-electron chi connectivity index (χ1n) is 6.34. The van der Waals surface area contributed by atoms with Crippen molar-refractivity contribution < 1.29 is 4.79 Å². The minimum atomic E-state index is 0.243. The Hall–Kier alpha value is -0.530. The summed E-state index contributed by atoms with van der Waals surface area (Å²) in [6.45, 7) is 6.48. The Morgan fingerprint density at radius 1 is 1.22 bits per heavy atom. The number of carbonyl (C=O) groups is 1. The highest BCUT2D eigenvalue weighted by atomic mass is 35.5. The zero-order valence-electron chi connectivity index (χ0n) is 11.2. The Balaban J connectivity index is 2.54. The number of carbonyl (C=O) groups excluding carboxylic acids is 1. The maximum Gasteiger partial charge on any atom is 0.137 e. The molecule has 0 aliphatic heterocycles. The molecule has 18 heavy (non-hydrogen) atoms. The van der Waals surface area contributed by atoms with Gasteiger partial charge in [-0.3, -0.25) is 4.79 Å². The van der Waals surface area contributed by atoms with Crippen LogP contribution < -0.4 is 0 Å². The summed E-state index contributed by atoms with van der Waals surface area (Å²) in [5.74, 6) is 1.31. The Morgan fingerprint density at radius 2 is 1.89 bits per heavy atom. The molecule has 100 valence electrons. The average molecular weight is 287 g/mol. The minimum absolute atomic E-state index is 0.243. The Labute approximate surface area is 119 Å². The molecule has 1 aromatic carbocycles. The predicted octanol–water partition coefficient (Wildman–Crippen LogP) is 5.18. The number of hydrogen-bond donors (Lipinski definition) is 0. The van der Waals surface area contributed by atoms with Gasteiger partial charge in [0.25, 0.3) is 0 Å². The Kier molecular flexibility index (Phi) is 6.17. The number of benzene rings is 1. The van der Waals surface area contributed by atoms with E-state index in [0.29, 0.717) is 34.7 Å². The van der Waals surface area contributed by atoms with E-state index < -0.39 is 0 Å². The second kappa shape index (κ2) is 7.16. The Morgan fingerprint density at radius 3 is 2.44 bits per heavy atom. The van der Waals surface area contributed by atoms with Gasteiger partial charge in [0.1, 0.15) is 5.78 Å². The molecule has 0 heterocycles. The van der Waals surface area contributed by atoms with Crippen LogP contribution in [0.15, 0.2) is 18.2 Å². The van der Waals surface area contributed by atoms with Crippen molar-refractivity contribution in [3.8, 4) is 0 Å². The third-order valence-electron chi connectivity index (χ3n) is 2.85. The molecule has 1 rings (SSSR count). The summed E-state index contributed by atoms with van der Waals surface area (Å²) in [7, 11) is 0. The van der Waals surface area contributed by atoms with Crippen molar-refractivity contribution in [3.63, 3.8) is 0 Å². The maximum absolute atomic E-state index is 11.9. The highest BCUT2D eigenvalue weighted by molar-refractivity contribution is 6.35. The highest BCUT2D eigenvalue weighted by Crippen LogP contribution is 2.23. The topological polar surface area (TPSA) is 17.1 Å². The fourth-order valence-electron chi connectivity index (χ4n) is 2.23. The number of Topliss-reactive ketones (excluding diaryl/α,β-unsaturated/α-hetero) is 1. The lowest BCUT2D eigenvalue weighted by molar-refractivity contribution is -0.119. The van der Waals surface area contributed by atoms with Crippen molar-refractivity contribution in [3.05, 3.63) is 33.8 Å². The molecule has 0 aromatic heterocycles. The van der Waals surface area contributed by atoms with Gasteiger partial charge in [-0.25, -0.2) is 0 Å². The van der Waals surface area contributed by atoms with E-state index in [2.05, 4.69) is 20.8 Å². The van der Waals surface area contributed by atoms with Crippen LogP contribution in [0.2, 0.25) is 10.0 Å². The van der Waals surface area contributed by atoms with Gasteiger partial charge < -0.3 is 0 Å². The molecule has 1 unspecified atom stereocenters. The normalized spacial score (nSPS) is 12.8. The van der Waals surface area contributed by atoms with Crippen molar-refractivity contribution in [2.24, 2.45) is 11.8 Å². The van der Waals surface area contributed by atoms with Crippen molar-refractivity contribution in [1.29, 1.82) is 0 Å². The van der Waals surface area contributed by atoms with E-state index in [4.69, 9.17) is 23.2 Å². The van der Waals surface area contributed by atoms with E-state index in [1.807, 2.05) is 6.07 Å². The van der Waals surface area contributed by atoms with Crippen molar-refractivity contribution >= 4 is 29.0 Å². The van der Waals surface area contributed by atoms with Crippen LogP contribution in [0, 0.1) is 11.8 Å². The third kappa shape index (κ3) is 5.41. The number of rotatable bonds is 6. The van der Waals surface area contributed by atoms with Gasteiger partial charge in [-0.15, -0.1) is 0 Å². The maximum atomic E-state index is 11.9. The monoisotopic (exact) mass is 286 g/mol. The van der Waals surface area contributed by atoms with Gasteiger partial charge in [-0.05, 0) is 36.0 Å². The molecule has 0 spiro atoms. The second-order valence-corrected chi connectivity index (χ2v) is 6.23. The first-order chi connectivity index (χ1) is 8.38. The van der Waals surface area contributed by atoms with Gasteiger partial charge in [-0.2, -0.15) is 0 Å². The zero-order chi connectivity index (χ0) is 13.7. The molecule has 1 nitrogen and oxygen atoms in total. The van der Waals surface area contributed by atoms with Crippen molar-refractivity contribution in [1.82, 2.24) is 0 Å². The van der Waals surface area contributed by atoms with Gasteiger partial charge in [-0.1, -0.05) is 50.0 Å². The average Bonchev–Trinajstić information content (AvgIpc) is 2.20. The SMILES string of the molecule is CC(C)CC(C)CC(=O)Cc1ccc(Cl)cc1Cl. The number of hydrogen-bond acceptors (Lipinski definition) is 1. The van der Waals surface area contributed by atoms with Crippen LogP contribution in [0.3, 0.4) is 0 Å². The molecule has 0 fully saturated rings. The lowest BCUT2D eigenvalue weighted by Gasteiger charge is -2.13. The molecular formula is C15H20Cl2O. The largest absolute Gasteiger partial charge is 0.299 e. The lowest BCUT2D eigenvalue weighted by atomic mass is 9.92. The van der Waals surface area contributed by atoms with Crippen molar-refractivity contribution in [2.45, 2.75) is 40.0 Å². The van der Waals surface area contributed by atoms with E-state index >= 15 is 0 Å². The van der Waals surface area contributed by atoms with Crippen LogP contribution in [0.5, 0.6) is 0 Å². The minimum Gasteiger partial charge on any atom is -0.299 e. The lowest BCUT2D eigenvalue weighted by Crippen LogP contribution is -2.10. The molecule has 0 saturated carbocycles. The molecule has 0 saturated heterocycles. The molecule has 0 bridgehead atoms. The van der Waals surface area contributed by atoms with E-state index in [1.54, 1.807) is 12.1 Å². The van der Waals surface area contributed by atoms with Crippen LogP contribution in [0.4, 0.5) is 0 Å². The molecule has 0 amide bonds. The van der Waals surface area contributed by atoms with Crippen LogP contribution in [-0.2, 0) is 11.2 Å². The van der Waals surface area contributed by atoms with E-state index in [0.717, 1.165) is 12.0 Å². The van der Waals surface area contributed by atoms with Gasteiger partial charge in [0.05, 0.1) is 0 Å². The zero-order valence-corrected chi connectivity index (χ0v) is 12.7. The first-order valence-corrected chi connectivity index (χ1v) is 7.09. The quantitative estimate of drug-likeness (QED) is 0.704. The molecule has 0 N–H and O–H groups in total. The van der Waals surface area contributed by atoms with E-state index in [-0.39, 0.29) is 5.78 Å². The number of ketones is 1. The third-order valence-corrected chi connectivity index (χ3v) is 3.44. The fraction of sp³-hybridized carbons (Fsp3) is 0.533. The molecule has 1 aromatic rings. The first kappa shape index (κ1) is 15.5. The van der Waals surface area contributed by atoms with E-state index in [9.17, 15) is 4.79 Å². The predicted molar refractivity (Wildman–Crippen MR) is 78.4 cm³/mol.